The van der Waals surface area contributed by atoms with Crippen LogP contribution in [-0.4, -0.2) is 23.4 Å². The summed E-state index contributed by atoms with van der Waals surface area (Å²) in [7, 11) is 0. The highest BCUT2D eigenvalue weighted by atomic mass is 32.1. The van der Waals surface area contributed by atoms with Gasteiger partial charge in [-0.2, -0.15) is 0 Å². The van der Waals surface area contributed by atoms with Crippen LogP contribution in [0, 0.1) is 10.8 Å². The molecular weight excluding hydrogens is 256 g/mol. The van der Waals surface area contributed by atoms with Crippen molar-refractivity contribution in [1.82, 2.24) is 4.90 Å². The fraction of sp³-hybridized carbons (Fsp3) is 0.667. The van der Waals surface area contributed by atoms with E-state index in [9.17, 15) is 4.79 Å². The van der Waals surface area contributed by atoms with Crippen LogP contribution in [0.4, 0.5) is 5.69 Å². The minimum Gasteiger partial charge on any atom is -0.397 e. The number of rotatable bonds is 1. The van der Waals surface area contributed by atoms with E-state index in [0.29, 0.717) is 22.0 Å². The van der Waals surface area contributed by atoms with Crippen molar-refractivity contribution in [3.63, 3.8) is 0 Å². The van der Waals surface area contributed by atoms with E-state index in [1.165, 1.54) is 17.8 Å². The molecule has 0 spiro atoms. The third-order valence-corrected chi connectivity index (χ3v) is 5.48. The summed E-state index contributed by atoms with van der Waals surface area (Å²) in [6, 6.07) is 2.22. The van der Waals surface area contributed by atoms with Crippen LogP contribution >= 0.6 is 11.3 Å². The van der Waals surface area contributed by atoms with Crippen molar-refractivity contribution in [2.45, 2.75) is 46.1 Å². The number of nitrogen functional groups attached to an aromatic ring is 1. The zero-order valence-corrected chi connectivity index (χ0v) is 12.7. The maximum absolute atomic E-state index is 12.7. The highest BCUT2D eigenvalue weighted by Crippen LogP contribution is 2.52. The van der Waals surface area contributed by atoms with Crippen LogP contribution in [0.1, 0.15) is 49.7 Å². The summed E-state index contributed by atoms with van der Waals surface area (Å²) in [4.78, 5) is 15.5. The van der Waals surface area contributed by atoms with E-state index in [1.54, 1.807) is 0 Å². The van der Waals surface area contributed by atoms with E-state index in [1.807, 2.05) is 11.4 Å². The van der Waals surface area contributed by atoms with Crippen LogP contribution in [0.3, 0.4) is 0 Å². The maximum atomic E-state index is 12.7. The number of nitrogens with two attached hydrogens (primary N) is 1. The molecule has 2 atom stereocenters. The fourth-order valence-corrected chi connectivity index (χ4v) is 5.09. The van der Waals surface area contributed by atoms with Crippen molar-refractivity contribution in [1.29, 1.82) is 0 Å². The lowest BCUT2D eigenvalue weighted by atomic mass is 9.65. The van der Waals surface area contributed by atoms with Gasteiger partial charge in [-0.3, -0.25) is 4.79 Å². The topological polar surface area (TPSA) is 46.3 Å². The van der Waals surface area contributed by atoms with Gasteiger partial charge in [-0.1, -0.05) is 20.8 Å². The molecular formula is C15H22N2OS. The summed E-state index contributed by atoms with van der Waals surface area (Å²) < 4.78 is 0. The number of likely N-dealkylation sites (tertiary alicyclic amines) is 1. The maximum Gasteiger partial charge on any atom is 0.266 e. The van der Waals surface area contributed by atoms with Crippen LogP contribution in [-0.2, 0) is 0 Å². The second kappa shape index (κ2) is 3.98. The third kappa shape index (κ3) is 2.16. The Bertz CT molecular complexity index is 522. The minimum atomic E-state index is 0.138. The van der Waals surface area contributed by atoms with Crippen LogP contribution in [0.25, 0.3) is 0 Å². The molecule has 2 unspecified atom stereocenters. The summed E-state index contributed by atoms with van der Waals surface area (Å²) in [6.45, 7) is 7.86. The fourth-order valence-electron chi connectivity index (χ4n) is 4.32. The zero-order chi connectivity index (χ0) is 13.8. The molecule has 0 radical (unpaired) electrons. The quantitative estimate of drug-likeness (QED) is 0.856. The molecule has 2 bridgehead atoms. The number of anilines is 1. The molecule has 1 aliphatic carbocycles. The lowest BCUT2D eigenvalue weighted by molar-refractivity contribution is 0.0714. The van der Waals surface area contributed by atoms with Gasteiger partial charge in [0.05, 0.1) is 5.69 Å². The minimum absolute atomic E-state index is 0.138. The molecule has 2 heterocycles. The molecule has 1 saturated heterocycles. The summed E-state index contributed by atoms with van der Waals surface area (Å²) in [5.41, 5.74) is 7.15. The lowest BCUT2D eigenvalue weighted by Crippen LogP contribution is -2.37. The number of thiophene rings is 1. The van der Waals surface area contributed by atoms with Gasteiger partial charge < -0.3 is 10.6 Å². The first kappa shape index (κ1) is 13.0. The Morgan fingerprint density at radius 2 is 2.16 bits per heavy atom. The van der Waals surface area contributed by atoms with Crippen molar-refractivity contribution in [2.75, 3.05) is 12.3 Å². The Morgan fingerprint density at radius 3 is 2.79 bits per heavy atom. The van der Waals surface area contributed by atoms with Gasteiger partial charge in [-0.05, 0) is 41.5 Å². The van der Waals surface area contributed by atoms with Gasteiger partial charge >= 0.3 is 0 Å². The standard InChI is InChI=1S/C15H22N2OS/c1-14(2)6-10-7-15(3,8-14)9-17(10)13(18)12-11(16)4-5-19-12/h4-5,10H,6-9,16H2,1-3H3. The normalized spacial score (nSPS) is 32.6. The van der Waals surface area contributed by atoms with Crippen molar-refractivity contribution in [2.24, 2.45) is 10.8 Å². The summed E-state index contributed by atoms with van der Waals surface area (Å²) in [5.74, 6) is 0.138. The number of carbonyl (C=O) groups excluding carboxylic acids is 1. The van der Waals surface area contributed by atoms with Crippen LogP contribution < -0.4 is 5.73 Å². The molecule has 1 aromatic rings. The Labute approximate surface area is 118 Å². The average Bonchev–Trinajstić information content (AvgIpc) is 2.78. The van der Waals surface area contributed by atoms with Gasteiger partial charge in [0.2, 0.25) is 0 Å². The SMILES string of the molecule is CC1(C)CC2CC(C)(CN2C(=O)c2sccc2N)C1. The van der Waals surface area contributed by atoms with E-state index in [4.69, 9.17) is 5.73 Å². The molecule has 2 N–H and O–H groups in total. The number of nitrogens with zero attached hydrogens (tertiary/aromatic N) is 1. The number of carbonyl (C=O) groups is 1. The van der Waals surface area contributed by atoms with Crippen LogP contribution in [0.15, 0.2) is 11.4 Å². The first-order valence-corrected chi connectivity index (χ1v) is 7.82. The van der Waals surface area contributed by atoms with Crippen LogP contribution in [0.2, 0.25) is 0 Å². The van der Waals surface area contributed by atoms with Gasteiger partial charge in [0.1, 0.15) is 4.88 Å². The van der Waals surface area contributed by atoms with Gasteiger partial charge in [0.15, 0.2) is 0 Å². The third-order valence-electron chi connectivity index (χ3n) is 4.57. The van der Waals surface area contributed by atoms with E-state index in [2.05, 4.69) is 25.7 Å². The van der Waals surface area contributed by atoms with Gasteiger partial charge in [-0.15, -0.1) is 11.3 Å². The average molecular weight is 278 g/mol. The molecule has 3 nitrogen and oxygen atoms in total. The molecule has 104 valence electrons. The predicted octanol–water partition coefficient (Wildman–Crippen LogP) is 3.37. The Hall–Kier alpha value is -1.03. The number of hydrogen-bond acceptors (Lipinski definition) is 3. The summed E-state index contributed by atoms with van der Waals surface area (Å²) in [6.07, 6.45) is 3.47. The molecule has 0 aromatic carbocycles. The number of fused-ring (bicyclic) bond motifs is 2. The molecule has 1 aromatic heterocycles. The second-order valence-electron chi connectivity index (χ2n) is 7.35. The molecule has 19 heavy (non-hydrogen) atoms. The molecule has 1 aliphatic heterocycles. The first-order valence-electron chi connectivity index (χ1n) is 6.94. The van der Waals surface area contributed by atoms with Crippen molar-refractivity contribution in [3.8, 4) is 0 Å². The zero-order valence-electron chi connectivity index (χ0n) is 11.9. The molecule has 2 aliphatic rings. The van der Waals surface area contributed by atoms with Crippen molar-refractivity contribution >= 4 is 22.9 Å². The lowest BCUT2D eigenvalue weighted by Gasteiger charge is -2.39. The largest absolute Gasteiger partial charge is 0.397 e. The highest BCUT2D eigenvalue weighted by Gasteiger charge is 2.51. The number of amides is 1. The molecule has 1 amide bonds. The van der Waals surface area contributed by atoms with E-state index in [0.717, 1.165) is 19.4 Å². The van der Waals surface area contributed by atoms with Gasteiger partial charge in [-0.25, -0.2) is 0 Å². The number of hydrogen-bond donors (Lipinski definition) is 1. The monoisotopic (exact) mass is 278 g/mol. The smallest absolute Gasteiger partial charge is 0.266 e. The van der Waals surface area contributed by atoms with Gasteiger partial charge in [0.25, 0.3) is 5.91 Å². The Balaban J connectivity index is 1.88. The van der Waals surface area contributed by atoms with E-state index < -0.39 is 0 Å². The van der Waals surface area contributed by atoms with Crippen LogP contribution in [0.5, 0.6) is 0 Å². The predicted molar refractivity (Wildman–Crippen MR) is 79.3 cm³/mol. The van der Waals surface area contributed by atoms with E-state index in [-0.39, 0.29) is 11.3 Å². The molecule has 1 saturated carbocycles. The molecule has 4 heteroatoms. The second-order valence-corrected chi connectivity index (χ2v) is 8.27. The summed E-state index contributed by atoms with van der Waals surface area (Å²) >= 11 is 1.46. The molecule has 3 rings (SSSR count). The van der Waals surface area contributed by atoms with E-state index >= 15 is 0 Å². The summed E-state index contributed by atoms with van der Waals surface area (Å²) in [5, 5.41) is 1.90. The Morgan fingerprint density at radius 1 is 1.42 bits per heavy atom. The Kier molecular flexibility index (Phi) is 2.72. The highest BCUT2D eigenvalue weighted by molar-refractivity contribution is 7.12. The van der Waals surface area contributed by atoms with Crippen molar-refractivity contribution < 1.29 is 4.79 Å². The first-order chi connectivity index (χ1) is 8.80. The van der Waals surface area contributed by atoms with Crippen molar-refractivity contribution in [3.05, 3.63) is 16.3 Å². The van der Waals surface area contributed by atoms with Gasteiger partial charge in [0, 0.05) is 12.6 Å². The molecule has 2 fully saturated rings.